The van der Waals surface area contributed by atoms with Gasteiger partial charge in [0.15, 0.2) is 5.82 Å². The molecular formula is C19H26BrN3O2. The van der Waals surface area contributed by atoms with E-state index in [-0.39, 0.29) is 17.4 Å². The molecule has 5 nitrogen and oxygen atoms in total. The second kappa shape index (κ2) is 8.61. The van der Waals surface area contributed by atoms with Crippen LogP contribution in [-0.4, -0.2) is 16.0 Å². The summed E-state index contributed by atoms with van der Waals surface area (Å²) in [5.41, 5.74) is 0.990. The highest BCUT2D eigenvalue weighted by atomic mass is 79.9. The average Bonchev–Trinajstić information content (AvgIpc) is 3.03. The van der Waals surface area contributed by atoms with Crippen molar-refractivity contribution in [3.8, 4) is 0 Å². The van der Waals surface area contributed by atoms with E-state index in [1.807, 2.05) is 45.0 Å². The number of benzene rings is 1. The average molecular weight is 408 g/mol. The first-order valence-corrected chi connectivity index (χ1v) is 9.46. The Morgan fingerprint density at radius 1 is 1.28 bits per heavy atom. The van der Waals surface area contributed by atoms with Crippen molar-refractivity contribution in [2.75, 3.05) is 0 Å². The molecule has 136 valence electrons. The lowest BCUT2D eigenvalue weighted by Crippen LogP contribution is -2.27. The second-order valence-corrected chi connectivity index (χ2v) is 8.11. The fraction of sp³-hybridized carbons (Fsp3) is 0.526. The lowest BCUT2D eigenvalue weighted by Gasteiger charge is -2.17. The number of rotatable bonds is 7. The van der Waals surface area contributed by atoms with Crippen molar-refractivity contribution in [1.82, 2.24) is 15.5 Å². The molecule has 1 aromatic carbocycles. The summed E-state index contributed by atoms with van der Waals surface area (Å²) in [4.78, 5) is 16.6. The van der Waals surface area contributed by atoms with Gasteiger partial charge in [-0.15, -0.1) is 0 Å². The van der Waals surface area contributed by atoms with Crippen LogP contribution in [0.5, 0.6) is 0 Å². The van der Waals surface area contributed by atoms with Crippen LogP contribution in [0.15, 0.2) is 33.3 Å². The zero-order chi connectivity index (χ0) is 18.4. The monoisotopic (exact) mass is 407 g/mol. The molecule has 0 bridgehead atoms. The summed E-state index contributed by atoms with van der Waals surface area (Å²) in [6.07, 6.45) is 2.60. The van der Waals surface area contributed by atoms with E-state index in [2.05, 4.69) is 38.3 Å². The largest absolute Gasteiger partial charge is 0.349 e. The topological polar surface area (TPSA) is 68.0 Å². The molecule has 6 heteroatoms. The molecule has 1 aromatic heterocycles. The van der Waals surface area contributed by atoms with Crippen LogP contribution in [-0.2, 0) is 16.6 Å². The lowest BCUT2D eigenvalue weighted by molar-refractivity contribution is -0.122. The molecule has 0 radical (unpaired) electrons. The fourth-order valence-electron chi connectivity index (χ4n) is 2.44. The highest BCUT2D eigenvalue weighted by molar-refractivity contribution is 9.10. The Labute approximate surface area is 157 Å². The highest BCUT2D eigenvalue weighted by Gasteiger charge is 2.21. The molecule has 0 aliphatic rings. The summed E-state index contributed by atoms with van der Waals surface area (Å²) in [5.74, 6) is 1.34. The molecule has 1 unspecified atom stereocenters. The molecule has 0 saturated carbocycles. The summed E-state index contributed by atoms with van der Waals surface area (Å²) in [7, 11) is 0. The molecule has 25 heavy (non-hydrogen) atoms. The quantitative estimate of drug-likeness (QED) is 0.720. The van der Waals surface area contributed by atoms with E-state index in [0.717, 1.165) is 16.5 Å². The van der Waals surface area contributed by atoms with Gasteiger partial charge in [-0.3, -0.25) is 4.79 Å². The van der Waals surface area contributed by atoms with Crippen LogP contribution in [0.3, 0.4) is 0 Å². The van der Waals surface area contributed by atoms with Crippen LogP contribution < -0.4 is 5.32 Å². The predicted molar refractivity (Wildman–Crippen MR) is 101 cm³/mol. The van der Waals surface area contributed by atoms with E-state index in [9.17, 15) is 4.79 Å². The minimum atomic E-state index is -0.127. The Balaban J connectivity index is 1.81. The van der Waals surface area contributed by atoms with Gasteiger partial charge < -0.3 is 9.84 Å². The third-order valence-electron chi connectivity index (χ3n) is 3.95. The zero-order valence-corrected chi connectivity index (χ0v) is 16.9. The predicted octanol–water partition coefficient (Wildman–Crippen LogP) is 4.72. The number of aromatic nitrogens is 2. The van der Waals surface area contributed by atoms with Crippen molar-refractivity contribution in [3.05, 3.63) is 46.0 Å². The first-order chi connectivity index (χ1) is 11.8. The molecule has 1 N–H and O–H groups in total. The van der Waals surface area contributed by atoms with Gasteiger partial charge in [0.25, 0.3) is 0 Å². The maximum absolute atomic E-state index is 12.2. The Hall–Kier alpha value is -1.69. The minimum Gasteiger partial charge on any atom is -0.349 e. The van der Waals surface area contributed by atoms with Crippen molar-refractivity contribution < 1.29 is 9.32 Å². The number of aryl methyl sites for hydroxylation is 1. The van der Waals surface area contributed by atoms with Crippen LogP contribution in [0.4, 0.5) is 0 Å². The van der Waals surface area contributed by atoms with Gasteiger partial charge in [0.2, 0.25) is 11.8 Å². The molecule has 0 aliphatic heterocycles. The molecular weight excluding hydrogens is 382 g/mol. The molecule has 0 saturated heterocycles. The molecule has 0 fully saturated rings. The van der Waals surface area contributed by atoms with Gasteiger partial charge in [-0.05, 0) is 30.5 Å². The SMILES string of the molecule is CCC(NC(=O)CCCc1nc(C(C)(C)C)no1)c1ccc(Br)cc1. The van der Waals surface area contributed by atoms with Gasteiger partial charge in [0.05, 0.1) is 6.04 Å². The third kappa shape index (κ3) is 5.96. The van der Waals surface area contributed by atoms with Gasteiger partial charge in [0.1, 0.15) is 0 Å². The number of hydrogen-bond acceptors (Lipinski definition) is 4. The van der Waals surface area contributed by atoms with Gasteiger partial charge in [-0.2, -0.15) is 4.98 Å². The van der Waals surface area contributed by atoms with Crippen LogP contribution >= 0.6 is 15.9 Å². The summed E-state index contributed by atoms with van der Waals surface area (Å²) in [6.45, 7) is 8.20. The molecule has 2 aromatic rings. The van der Waals surface area contributed by atoms with Crippen LogP contribution in [0.25, 0.3) is 0 Å². The van der Waals surface area contributed by atoms with E-state index in [1.165, 1.54) is 0 Å². The minimum absolute atomic E-state index is 0.0384. The Bertz CT molecular complexity index is 689. The number of carbonyl (C=O) groups excluding carboxylic acids is 1. The smallest absolute Gasteiger partial charge is 0.226 e. The summed E-state index contributed by atoms with van der Waals surface area (Å²) >= 11 is 3.43. The van der Waals surface area contributed by atoms with Crippen molar-refractivity contribution in [1.29, 1.82) is 0 Å². The number of nitrogens with zero attached hydrogens (tertiary/aromatic N) is 2. The maximum Gasteiger partial charge on any atom is 0.226 e. The third-order valence-corrected chi connectivity index (χ3v) is 4.48. The van der Waals surface area contributed by atoms with E-state index in [1.54, 1.807) is 0 Å². The summed E-state index contributed by atoms with van der Waals surface area (Å²) < 4.78 is 6.29. The normalized spacial score (nSPS) is 12.8. The summed E-state index contributed by atoms with van der Waals surface area (Å²) in [6, 6.07) is 8.09. The number of halogens is 1. The summed E-state index contributed by atoms with van der Waals surface area (Å²) in [5, 5.41) is 7.10. The standard InChI is InChI=1S/C19H26BrN3O2/c1-5-15(13-9-11-14(20)12-10-13)21-16(24)7-6-8-17-22-18(23-25-17)19(2,3)4/h9-12,15H,5-8H2,1-4H3,(H,21,24). The van der Waals surface area contributed by atoms with Crippen LogP contribution in [0, 0.1) is 0 Å². The van der Waals surface area contributed by atoms with Gasteiger partial charge in [-0.1, -0.05) is 60.9 Å². The molecule has 1 heterocycles. The van der Waals surface area contributed by atoms with Gasteiger partial charge in [-0.25, -0.2) is 0 Å². The number of amides is 1. The lowest BCUT2D eigenvalue weighted by atomic mass is 9.96. The van der Waals surface area contributed by atoms with Crippen molar-refractivity contribution in [2.45, 2.75) is 64.8 Å². The highest BCUT2D eigenvalue weighted by Crippen LogP contribution is 2.20. The second-order valence-electron chi connectivity index (χ2n) is 7.20. The Morgan fingerprint density at radius 2 is 1.96 bits per heavy atom. The maximum atomic E-state index is 12.2. The van der Waals surface area contributed by atoms with Gasteiger partial charge in [0, 0.05) is 22.7 Å². The first-order valence-electron chi connectivity index (χ1n) is 8.67. The van der Waals surface area contributed by atoms with Crippen LogP contribution in [0.1, 0.15) is 70.3 Å². The van der Waals surface area contributed by atoms with E-state index < -0.39 is 0 Å². The fourth-order valence-corrected chi connectivity index (χ4v) is 2.71. The molecule has 2 rings (SSSR count). The van der Waals surface area contributed by atoms with Crippen molar-refractivity contribution in [2.24, 2.45) is 0 Å². The Morgan fingerprint density at radius 3 is 2.52 bits per heavy atom. The Kier molecular flexibility index (Phi) is 6.76. The van der Waals surface area contributed by atoms with Crippen molar-refractivity contribution >= 4 is 21.8 Å². The molecule has 0 aliphatic carbocycles. The number of hydrogen-bond donors (Lipinski definition) is 1. The van der Waals surface area contributed by atoms with E-state index in [4.69, 9.17) is 4.52 Å². The van der Waals surface area contributed by atoms with E-state index in [0.29, 0.717) is 31.0 Å². The molecule has 0 spiro atoms. The first kappa shape index (κ1) is 19.6. The zero-order valence-electron chi connectivity index (χ0n) is 15.3. The number of nitrogens with one attached hydrogen (secondary N) is 1. The molecule has 1 amide bonds. The van der Waals surface area contributed by atoms with Crippen molar-refractivity contribution in [3.63, 3.8) is 0 Å². The van der Waals surface area contributed by atoms with Crippen LogP contribution in [0.2, 0.25) is 0 Å². The van der Waals surface area contributed by atoms with E-state index >= 15 is 0 Å². The van der Waals surface area contributed by atoms with Gasteiger partial charge >= 0.3 is 0 Å². The number of carbonyl (C=O) groups is 1. The molecule has 1 atom stereocenters.